The van der Waals surface area contributed by atoms with E-state index in [1.165, 1.54) is 19.3 Å². The van der Waals surface area contributed by atoms with E-state index >= 15 is 0 Å². The summed E-state index contributed by atoms with van der Waals surface area (Å²) < 4.78 is 12.4. The molecule has 182 valence electrons. The van der Waals surface area contributed by atoms with Gasteiger partial charge >= 0.3 is 0 Å². The van der Waals surface area contributed by atoms with Gasteiger partial charge in [-0.2, -0.15) is 0 Å². The van der Waals surface area contributed by atoms with E-state index in [4.69, 9.17) is 9.47 Å². The molecule has 0 aromatic rings. The highest BCUT2D eigenvalue weighted by Crippen LogP contribution is 2.67. The summed E-state index contributed by atoms with van der Waals surface area (Å²) in [5.74, 6) is 2.71. The third-order valence-corrected chi connectivity index (χ3v) is 10.8. The van der Waals surface area contributed by atoms with Crippen molar-refractivity contribution in [1.82, 2.24) is 0 Å². The second-order valence-electron chi connectivity index (χ2n) is 13.6. The molecule has 6 atom stereocenters. The molecule has 32 heavy (non-hydrogen) atoms. The van der Waals surface area contributed by atoms with Crippen molar-refractivity contribution in [2.24, 2.45) is 23.2 Å². The summed E-state index contributed by atoms with van der Waals surface area (Å²) in [6, 6.07) is 0.996. The summed E-state index contributed by atoms with van der Waals surface area (Å²) in [5.41, 5.74) is 2.52. The Morgan fingerprint density at radius 2 is 1.88 bits per heavy atom. The van der Waals surface area contributed by atoms with Gasteiger partial charge in [-0.3, -0.25) is 0 Å². The Kier molecular flexibility index (Phi) is 6.34. The number of fused-ring (bicyclic) bond motifs is 4. The molecule has 3 nitrogen and oxygen atoms in total. The van der Waals surface area contributed by atoms with Crippen molar-refractivity contribution in [3.63, 3.8) is 0 Å². The highest BCUT2D eigenvalue weighted by Gasteiger charge is 2.65. The molecule has 2 unspecified atom stereocenters. The molecule has 0 aromatic heterocycles. The molecule has 1 N–H and O–H groups in total. The fourth-order valence-electron chi connectivity index (χ4n) is 8.46. The average Bonchev–Trinajstić information content (AvgIpc) is 3.01. The lowest BCUT2D eigenvalue weighted by Crippen LogP contribution is -2.61. The number of ether oxygens (including phenoxy) is 2. The van der Waals surface area contributed by atoms with E-state index in [-0.39, 0.29) is 17.1 Å². The van der Waals surface area contributed by atoms with Gasteiger partial charge in [0.05, 0.1) is 30.2 Å². The molecule has 0 radical (unpaired) electrons. The van der Waals surface area contributed by atoms with Crippen LogP contribution in [0.15, 0.2) is 23.0 Å². The molecule has 0 aliphatic heterocycles. The summed E-state index contributed by atoms with van der Waals surface area (Å²) in [6.07, 6.45) is 11.4. The monoisotopic (exact) mass is 460 g/mol. The summed E-state index contributed by atoms with van der Waals surface area (Å²) in [6.45, 7) is 16.3. The Morgan fingerprint density at radius 1 is 1.16 bits per heavy atom. The third-order valence-electron chi connectivity index (χ3n) is 9.08. The fraction of sp³-hybridized carbons (Fsp3) is 0.857. The Morgan fingerprint density at radius 3 is 2.47 bits per heavy atom. The normalized spacial score (nSPS) is 39.8. The summed E-state index contributed by atoms with van der Waals surface area (Å²) in [4.78, 5) is 0. The zero-order valence-corrected chi connectivity index (χ0v) is 23.0. The van der Waals surface area contributed by atoms with E-state index in [0.29, 0.717) is 17.8 Å². The highest BCUT2D eigenvalue weighted by molar-refractivity contribution is 6.76. The lowest BCUT2D eigenvalue weighted by Gasteiger charge is -2.61. The predicted octanol–water partition coefficient (Wildman–Crippen LogP) is 7.10. The van der Waals surface area contributed by atoms with Crippen LogP contribution < -0.4 is 0 Å². The molecule has 2 fully saturated rings. The van der Waals surface area contributed by atoms with Crippen molar-refractivity contribution in [2.45, 2.75) is 122 Å². The summed E-state index contributed by atoms with van der Waals surface area (Å²) >= 11 is 0. The maximum Gasteiger partial charge on any atom is 0.0959 e. The molecule has 0 bridgehead atoms. The molecule has 2 saturated carbocycles. The van der Waals surface area contributed by atoms with E-state index in [1.54, 1.807) is 18.3 Å². The molecule has 0 spiro atoms. The quantitative estimate of drug-likeness (QED) is 0.351. The van der Waals surface area contributed by atoms with Crippen LogP contribution in [0.3, 0.4) is 0 Å². The smallest absolute Gasteiger partial charge is 0.0959 e. The van der Waals surface area contributed by atoms with Crippen molar-refractivity contribution in [1.29, 1.82) is 0 Å². The van der Waals surface area contributed by atoms with Crippen LogP contribution in [0.1, 0.15) is 79.1 Å². The largest absolute Gasteiger partial charge is 0.501 e. The Balaban J connectivity index is 1.77. The first-order valence-corrected chi connectivity index (χ1v) is 16.9. The first kappa shape index (κ1) is 24.5. The molecule has 4 aliphatic rings. The molecule has 0 aromatic carbocycles. The fourth-order valence-corrected chi connectivity index (χ4v) is 10.6. The minimum atomic E-state index is -1.48. The number of allylic oxidation sites excluding steroid dienone is 2. The second kappa shape index (κ2) is 8.27. The van der Waals surface area contributed by atoms with Crippen molar-refractivity contribution >= 4 is 8.07 Å². The van der Waals surface area contributed by atoms with Crippen molar-refractivity contribution in [3.05, 3.63) is 23.0 Å². The standard InChI is InChI=1S/C28H48O3Si/c1-9-27-17-28(29,18-32(6,7)8)25-21-13-11-20(30-5)16-19(21)10-12-22(25)23(27)14-15-24(27)31-26(2,3)4/h11,22-25,29H,9-10,12-18H2,1-8H3/t22?,23-,24-,25?,27-,28+/m0/s1. The second-order valence-corrected chi connectivity index (χ2v) is 19.0. The molecule has 4 heteroatoms. The Labute approximate surface area is 198 Å². The van der Waals surface area contributed by atoms with Crippen LogP contribution in [0.5, 0.6) is 0 Å². The average molecular weight is 461 g/mol. The molecular weight excluding hydrogens is 412 g/mol. The lowest BCUT2D eigenvalue weighted by molar-refractivity contribution is -0.185. The van der Waals surface area contributed by atoms with Crippen LogP contribution in [0, 0.1) is 23.2 Å². The zero-order chi connectivity index (χ0) is 23.5. The van der Waals surface area contributed by atoms with E-state index in [1.807, 2.05) is 0 Å². The number of hydrogen-bond acceptors (Lipinski definition) is 3. The van der Waals surface area contributed by atoms with Crippen molar-refractivity contribution in [2.75, 3.05) is 7.11 Å². The van der Waals surface area contributed by atoms with Gasteiger partial charge in [0.15, 0.2) is 0 Å². The van der Waals surface area contributed by atoms with Gasteiger partial charge in [0, 0.05) is 25.8 Å². The van der Waals surface area contributed by atoms with Gasteiger partial charge in [0.2, 0.25) is 0 Å². The van der Waals surface area contributed by atoms with Gasteiger partial charge in [-0.15, -0.1) is 0 Å². The highest BCUT2D eigenvalue weighted by atomic mass is 28.3. The maximum atomic E-state index is 12.7. The van der Waals surface area contributed by atoms with E-state index in [0.717, 1.165) is 43.9 Å². The van der Waals surface area contributed by atoms with E-state index < -0.39 is 13.7 Å². The number of hydrogen-bond donors (Lipinski definition) is 1. The minimum absolute atomic E-state index is 0.114. The minimum Gasteiger partial charge on any atom is -0.501 e. The first-order chi connectivity index (χ1) is 14.8. The van der Waals surface area contributed by atoms with E-state index in [2.05, 4.69) is 53.4 Å². The lowest BCUT2D eigenvalue weighted by atomic mass is 9.48. The predicted molar refractivity (Wildman–Crippen MR) is 135 cm³/mol. The number of methoxy groups -OCH3 is 1. The van der Waals surface area contributed by atoms with E-state index in [9.17, 15) is 5.11 Å². The number of aliphatic hydroxyl groups is 1. The van der Waals surface area contributed by atoms with Gasteiger partial charge in [-0.25, -0.2) is 0 Å². The van der Waals surface area contributed by atoms with Crippen LogP contribution in [-0.2, 0) is 9.47 Å². The Bertz CT molecular complexity index is 785. The van der Waals surface area contributed by atoms with Gasteiger partial charge < -0.3 is 14.6 Å². The summed E-state index contributed by atoms with van der Waals surface area (Å²) in [5, 5.41) is 12.7. The van der Waals surface area contributed by atoms with Gasteiger partial charge in [0.1, 0.15) is 0 Å². The van der Waals surface area contributed by atoms with Gasteiger partial charge in [-0.1, -0.05) is 37.7 Å². The Hall–Kier alpha value is -0.583. The van der Waals surface area contributed by atoms with Crippen LogP contribution in [0.2, 0.25) is 25.7 Å². The maximum absolute atomic E-state index is 12.7. The summed E-state index contributed by atoms with van der Waals surface area (Å²) in [7, 11) is 0.318. The van der Waals surface area contributed by atoms with Gasteiger partial charge in [-0.05, 0) is 89.7 Å². The zero-order valence-electron chi connectivity index (χ0n) is 22.0. The van der Waals surface area contributed by atoms with Gasteiger partial charge in [0.25, 0.3) is 0 Å². The van der Waals surface area contributed by atoms with Crippen LogP contribution in [-0.4, -0.2) is 37.6 Å². The topological polar surface area (TPSA) is 38.7 Å². The molecule has 0 saturated heterocycles. The molecule has 4 aliphatic carbocycles. The van der Waals surface area contributed by atoms with Crippen LogP contribution in [0.4, 0.5) is 0 Å². The molecular formula is C28H48O3Si. The molecule has 4 rings (SSSR count). The SMILES string of the molecule is CC[C@]12C[C@@](O)(C[Si](C)(C)C)C3C4=C(CCC3[C@@H]1CC[C@@H]2OC(C)(C)C)CC(OC)=CC4. The molecule has 0 heterocycles. The first-order valence-electron chi connectivity index (χ1n) is 13.2. The number of rotatable bonds is 5. The van der Waals surface area contributed by atoms with Crippen molar-refractivity contribution in [3.8, 4) is 0 Å². The van der Waals surface area contributed by atoms with Crippen LogP contribution in [0.25, 0.3) is 0 Å². The third kappa shape index (κ3) is 4.29. The van der Waals surface area contributed by atoms with Crippen LogP contribution >= 0.6 is 0 Å². The molecule has 0 amide bonds. The van der Waals surface area contributed by atoms with Crippen molar-refractivity contribution < 1.29 is 14.6 Å².